The van der Waals surface area contributed by atoms with Gasteiger partial charge in [0.25, 0.3) is 5.56 Å². The minimum atomic E-state index is -0.165. The first kappa shape index (κ1) is 26.4. The summed E-state index contributed by atoms with van der Waals surface area (Å²) in [6.45, 7) is 0.383. The van der Waals surface area contributed by atoms with Gasteiger partial charge in [0.1, 0.15) is 18.2 Å². The number of hydrogen-bond acceptors (Lipinski definition) is 5. The molecule has 3 aromatic carbocycles. The lowest BCUT2D eigenvalue weighted by Crippen LogP contribution is -2.25. The van der Waals surface area contributed by atoms with Crippen LogP contribution in [-0.2, 0) is 6.61 Å². The molecule has 1 aliphatic rings. The Morgan fingerprint density at radius 3 is 2.58 bits per heavy atom. The predicted molar refractivity (Wildman–Crippen MR) is 159 cm³/mol. The number of fused-ring (bicyclic) bond motifs is 1. The molecule has 0 bridgehead atoms. The van der Waals surface area contributed by atoms with E-state index in [-0.39, 0.29) is 11.5 Å². The molecule has 0 amide bonds. The summed E-state index contributed by atoms with van der Waals surface area (Å²) in [7, 11) is 3.97. The fourth-order valence-electron chi connectivity index (χ4n) is 4.80. The van der Waals surface area contributed by atoms with Crippen LogP contribution in [0.4, 0.5) is 5.69 Å². The minimum absolute atomic E-state index is 0.165. The molecule has 0 aliphatic heterocycles. The van der Waals surface area contributed by atoms with Crippen molar-refractivity contribution in [1.29, 1.82) is 0 Å². The molecule has 0 N–H and O–H groups in total. The maximum atomic E-state index is 13.7. The molecule has 38 heavy (non-hydrogen) atoms. The third kappa shape index (κ3) is 5.94. The Bertz CT molecular complexity index is 1530. The summed E-state index contributed by atoms with van der Waals surface area (Å²) in [5.41, 5.74) is 3.33. The first-order valence-electron chi connectivity index (χ1n) is 12.8. The minimum Gasteiger partial charge on any atom is -0.488 e. The SMILES string of the molecule is CN(C)c1ccc(C=Nn2c(C3CCCCC3)nc3ccc(Br)cc3c2=O)c(OCc2ccc(Cl)cc2)c1. The zero-order chi connectivity index (χ0) is 26.6. The van der Waals surface area contributed by atoms with Gasteiger partial charge in [-0.05, 0) is 60.9 Å². The van der Waals surface area contributed by atoms with Crippen molar-refractivity contribution < 1.29 is 4.74 Å². The molecular formula is C30H30BrClN4O2. The van der Waals surface area contributed by atoms with E-state index in [9.17, 15) is 4.79 Å². The van der Waals surface area contributed by atoms with E-state index in [1.54, 1.807) is 6.21 Å². The second kappa shape index (κ2) is 11.7. The molecule has 6 nitrogen and oxygen atoms in total. The highest BCUT2D eigenvalue weighted by atomic mass is 79.9. The lowest BCUT2D eigenvalue weighted by molar-refractivity contribution is 0.306. The molecule has 0 radical (unpaired) electrons. The van der Waals surface area contributed by atoms with Crippen LogP contribution in [-0.4, -0.2) is 30.0 Å². The summed E-state index contributed by atoms with van der Waals surface area (Å²) in [5, 5.41) is 5.95. The van der Waals surface area contributed by atoms with Gasteiger partial charge in [0, 0.05) is 46.8 Å². The Labute approximate surface area is 236 Å². The van der Waals surface area contributed by atoms with E-state index in [0.717, 1.165) is 52.8 Å². The second-order valence-corrected chi connectivity index (χ2v) is 11.2. The van der Waals surface area contributed by atoms with E-state index in [2.05, 4.69) is 15.9 Å². The molecule has 0 saturated heterocycles. The molecule has 0 atom stereocenters. The van der Waals surface area contributed by atoms with Crippen LogP contribution in [0.2, 0.25) is 5.02 Å². The topological polar surface area (TPSA) is 59.7 Å². The molecule has 1 aromatic heterocycles. The summed E-state index contributed by atoms with van der Waals surface area (Å²) < 4.78 is 8.56. The molecule has 0 unspecified atom stereocenters. The second-order valence-electron chi connectivity index (χ2n) is 9.86. The van der Waals surface area contributed by atoms with E-state index >= 15 is 0 Å². The average molecular weight is 594 g/mol. The van der Waals surface area contributed by atoms with Crippen LogP contribution in [0.5, 0.6) is 5.75 Å². The Kier molecular flexibility index (Phi) is 8.15. The van der Waals surface area contributed by atoms with Gasteiger partial charge >= 0.3 is 0 Å². The van der Waals surface area contributed by atoms with Crippen LogP contribution in [0.3, 0.4) is 0 Å². The van der Waals surface area contributed by atoms with Gasteiger partial charge in [0.15, 0.2) is 0 Å². The first-order valence-corrected chi connectivity index (χ1v) is 14.0. The van der Waals surface area contributed by atoms with Gasteiger partial charge < -0.3 is 9.64 Å². The van der Waals surface area contributed by atoms with Gasteiger partial charge in [-0.25, -0.2) is 4.98 Å². The highest BCUT2D eigenvalue weighted by Gasteiger charge is 2.22. The summed E-state index contributed by atoms with van der Waals surface area (Å²) in [4.78, 5) is 20.6. The van der Waals surface area contributed by atoms with Crippen molar-refractivity contribution >= 4 is 50.3 Å². The third-order valence-electron chi connectivity index (χ3n) is 6.94. The average Bonchev–Trinajstić information content (AvgIpc) is 2.93. The summed E-state index contributed by atoms with van der Waals surface area (Å²) in [6.07, 6.45) is 7.22. The Hall–Kier alpha value is -3.16. The van der Waals surface area contributed by atoms with Crippen molar-refractivity contribution in [2.24, 2.45) is 5.10 Å². The molecule has 1 fully saturated rings. The Balaban J connectivity index is 1.55. The summed E-state index contributed by atoms with van der Waals surface area (Å²) >= 11 is 9.52. The number of ether oxygens (including phenoxy) is 1. The summed E-state index contributed by atoms with van der Waals surface area (Å²) in [6, 6.07) is 19.2. The van der Waals surface area contributed by atoms with Crippen molar-refractivity contribution in [1.82, 2.24) is 9.66 Å². The van der Waals surface area contributed by atoms with Crippen LogP contribution in [0, 0.1) is 0 Å². The quantitative estimate of drug-likeness (QED) is 0.210. The van der Waals surface area contributed by atoms with Crippen molar-refractivity contribution in [2.45, 2.75) is 44.6 Å². The number of nitrogens with zero attached hydrogens (tertiary/aromatic N) is 4. The predicted octanol–water partition coefficient (Wildman–Crippen LogP) is 7.39. The monoisotopic (exact) mass is 592 g/mol. The highest BCUT2D eigenvalue weighted by molar-refractivity contribution is 9.10. The van der Waals surface area contributed by atoms with Crippen LogP contribution in [0.1, 0.15) is 55.0 Å². The first-order chi connectivity index (χ1) is 18.4. The summed E-state index contributed by atoms with van der Waals surface area (Å²) in [5.74, 6) is 1.62. The van der Waals surface area contributed by atoms with E-state index in [1.807, 2.05) is 79.7 Å². The fraction of sp³-hybridized carbons (Fsp3) is 0.300. The van der Waals surface area contributed by atoms with Gasteiger partial charge in [0.05, 0.1) is 17.1 Å². The molecular weight excluding hydrogens is 564 g/mol. The normalized spacial score (nSPS) is 14.3. The Morgan fingerprint density at radius 1 is 1.08 bits per heavy atom. The molecule has 4 aromatic rings. The number of rotatable bonds is 7. The lowest BCUT2D eigenvalue weighted by atomic mass is 9.88. The molecule has 5 rings (SSSR count). The van der Waals surface area contributed by atoms with Crippen molar-refractivity contribution in [2.75, 3.05) is 19.0 Å². The number of benzene rings is 3. The molecule has 8 heteroatoms. The molecule has 1 saturated carbocycles. The molecule has 1 heterocycles. The number of anilines is 1. The van der Waals surface area contributed by atoms with Crippen molar-refractivity contribution in [3.05, 3.63) is 97.5 Å². The zero-order valence-electron chi connectivity index (χ0n) is 21.5. The van der Waals surface area contributed by atoms with Crippen LogP contribution in [0.25, 0.3) is 10.9 Å². The largest absolute Gasteiger partial charge is 0.488 e. The molecule has 196 valence electrons. The van der Waals surface area contributed by atoms with Gasteiger partial charge in [-0.15, -0.1) is 0 Å². The van der Waals surface area contributed by atoms with E-state index < -0.39 is 0 Å². The van der Waals surface area contributed by atoms with Gasteiger partial charge in [0.2, 0.25) is 0 Å². The van der Waals surface area contributed by atoms with Gasteiger partial charge in [-0.2, -0.15) is 9.78 Å². The van der Waals surface area contributed by atoms with Gasteiger partial charge in [-0.3, -0.25) is 4.79 Å². The number of halogens is 2. The fourth-order valence-corrected chi connectivity index (χ4v) is 5.28. The lowest BCUT2D eigenvalue weighted by Gasteiger charge is -2.23. The molecule has 0 spiro atoms. The van der Waals surface area contributed by atoms with Crippen molar-refractivity contribution in [3.8, 4) is 5.75 Å². The number of aromatic nitrogens is 2. The number of hydrogen-bond donors (Lipinski definition) is 0. The smallest absolute Gasteiger partial charge is 0.282 e. The maximum Gasteiger partial charge on any atom is 0.282 e. The Morgan fingerprint density at radius 2 is 1.84 bits per heavy atom. The maximum absolute atomic E-state index is 13.7. The zero-order valence-corrected chi connectivity index (χ0v) is 23.9. The van der Waals surface area contributed by atoms with Gasteiger partial charge in [-0.1, -0.05) is 58.9 Å². The van der Waals surface area contributed by atoms with E-state index in [1.165, 1.54) is 11.1 Å². The third-order valence-corrected chi connectivity index (χ3v) is 7.68. The van der Waals surface area contributed by atoms with E-state index in [0.29, 0.717) is 28.3 Å². The van der Waals surface area contributed by atoms with Crippen LogP contribution in [0.15, 0.2) is 75.0 Å². The van der Waals surface area contributed by atoms with E-state index in [4.69, 9.17) is 26.4 Å². The van der Waals surface area contributed by atoms with Crippen LogP contribution < -0.4 is 15.2 Å². The standard InChI is InChI=1S/C30H30BrClN4O2/c1-35(2)25-14-10-22(28(17-25)38-19-20-8-12-24(32)13-9-20)18-33-36-29(21-6-4-3-5-7-21)34-27-15-11-23(31)16-26(27)30(36)37/h8-18,21H,3-7,19H2,1-2H3. The van der Waals surface area contributed by atoms with Crippen molar-refractivity contribution in [3.63, 3.8) is 0 Å². The molecule has 1 aliphatic carbocycles. The highest BCUT2D eigenvalue weighted by Crippen LogP contribution is 2.32. The van der Waals surface area contributed by atoms with Crippen LogP contribution >= 0.6 is 27.5 Å².